The zero-order chi connectivity index (χ0) is 33.4. The van der Waals surface area contributed by atoms with Crippen molar-refractivity contribution in [2.75, 3.05) is 11.9 Å². The molecule has 0 saturated carbocycles. The molecule has 4 rings (SSSR count). The summed E-state index contributed by atoms with van der Waals surface area (Å²) in [6.07, 6.45) is 5.37. The number of hydrogen-bond donors (Lipinski definition) is 4. The van der Waals surface area contributed by atoms with Gasteiger partial charge in [-0.2, -0.15) is 8.78 Å². The number of nitrogens with zero attached hydrogens (tertiary/aromatic N) is 3. The number of aliphatic carboxylic acids is 1. The molecule has 2 aromatic heterocycles. The van der Waals surface area contributed by atoms with Gasteiger partial charge in [0.15, 0.2) is 11.5 Å². The summed E-state index contributed by atoms with van der Waals surface area (Å²) in [6.45, 7) is 4.30. The van der Waals surface area contributed by atoms with E-state index in [4.69, 9.17) is 4.74 Å². The number of alkyl halides is 2. The third kappa shape index (κ3) is 9.13. The first-order valence-corrected chi connectivity index (χ1v) is 14.6. The third-order valence-corrected chi connectivity index (χ3v) is 6.73. The number of nitrogens with one attached hydrogen (secondary N) is 3. The molecule has 2 amide bonds. The lowest BCUT2D eigenvalue weighted by Crippen LogP contribution is -2.43. The van der Waals surface area contributed by atoms with Crippen LogP contribution in [0.2, 0.25) is 0 Å². The summed E-state index contributed by atoms with van der Waals surface area (Å²) in [4.78, 5) is 45.2. The Kier molecular flexibility index (Phi) is 10.7. The van der Waals surface area contributed by atoms with Crippen LogP contribution in [0.3, 0.4) is 0 Å². The number of unbranched alkanes of at least 4 members (excludes halogenated alkanes) is 1. The van der Waals surface area contributed by atoms with E-state index in [0.717, 1.165) is 16.8 Å². The van der Waals surface area contributed by atoms with E-state index in [0.29, 0.717) is 42.1 Å². The zero-order valence-corrected chi connectivity index (χ0v) is 25.8. The van der Waals surface area contributed by atoms with Gasteiger partial charge in [0.2, 0.25) is 0 Å². The first-order valence-electron chi connectivity index (χ1n) is 14.6. The number of rotatable bonds is 13. The summed E-state index contributed by atoms with van der Waals surface area (Å²) < 4.78 is 36.4. The molecule has 2 heterocycles. The Hall–Kier alpha value is -5.27. The number of ether oxygens (including phenoxy) is 2. The molecule has 46 heavy (non-hydrogen) atoms. The molecule has 2 aromatic carbocycles. The van der Waals surface area contributed by atoms with Crippen LogP contribution in [-0.2, 0) is 9.53 Å². The SMILES string of the molecule is Cc1cc(Nc2nccn3c(-c4ccc(OC(F)F)cc4)cnc23)ccc1C(=O)NCCCCC(NC(=O)OC(C)(C)C)C(=O)O. The number of alkyl carbamates (subject to hydrolysis) is 1. The number of aromatic nitrogens is 3. The lowest BCUT2D eigenvalue weighted by molar-refractivity contribution is -0.139. The zero-order valence-electron chi connectivity index (χ0n) is 25.8. The molecule has 12 nitrogen and oxygen atoms in total. The number of aryl methyl sites for hydroxylation is 1. The monoisotopic (exact) mass is 638 g/mol. The fourth-order valence-corrected chi connectivity index (χ4v) is 4.64. The smallest absolute Gasteiger partial charge is 0.408 e. The normalized spacial score (nSPS) is 12.1. The molecule has 1 unspecified atom stereocenters. The number of fused-ring (bicyclic) bond motifs is 1. The largest absolute Gasteiger partial charge is 0.480 e. The van der Waals surface area contributed by atoms with Gasteiger partial charge in [-0.25, -0.2) is 19.6 Å². The van der Waals surface area contributed by atoms with E-state index in [2.05, 4.69) is 30.7 Å². The summed E-state index contributed by atoms with van der Waals surface area (Å²) in [5.41, 5.74) is 3.15. The van der Waals surface area contributed by atoms with Crippen molar-refractivity contribution in [3.63, 3.8) is 0 Å². The summed E-state index contributed by atoms with van der Waals surface area (Å²) >= 11 is 0. The van der Waals surface area contributed by atoms with E-state index in [1.807, 2.05) is 17.4 Å². The third-order valence-electron chi connectivity index (χ3n) is 6.73. The average Bonchev–Trinajstić information content (AvgIpc) is 3.40. The molecule has 0 aliphatic carbocycles. The quantitative estimate of drug-likeness (QED) is 0.130. The van der Waals surface area contributed by atoms with Crippen molar-refractivity contribution in [1.82, 2.24) is 25.0 Å². The number of hydrogen-bond acceptors (Lipinski definition) is 8. The summed E-state index contributed by atoms with van der Waals surface area (Å²) in [6, 6.07) is 10.4. The van der Waals surface area contributed by atoms with Crippen LogP contribution >= 0.6 is 0 Å². The molecule has 14 heteroatoms. The van der Waals surface area contributed by atoms with Gasteiger partial charge in [-0.15, -0.1) is 0 Å². The van der Waals surface area contributed by atoms with Gasteiger partial charge >= 0.3 is 18.7 Å². The molecule has 0 fully saturated rings. The van der Waals surface area contributed by atoms with Crippen molar-refractivity contribution in [3.8, 4) is 17.0 Å². The molecule has 0 saturated heterocycles. The number of halogens is 2. The van der Waals surface area contributed by atoms with E-state index in [9.17, 15) is 28.3 Å². The van der Waals surface area contributed by atoms with Crippen LogP contribution in [0.25, 0.3) is 16.9 Å². The molecule has 4 N–H and O–H groups in total. The maximum atomic E-state index is 12.8. The highest BCUT2D eigenvalue weighted by Crippen LogP contribution is 2.27. The number of carboxylic acids is 1. The van der Waals surface area contributed by atoms with Crippen LogP contribution in [0.1, 0.15) is 56.0 Å². The van der Waals surface area contributed by atoms with Crippen LogP contribution in [-0.4, -0.2) is 62.2 Å². The van der Waals surface area contributed by atoms with Crippen molar-refractivity contribution in [2.45, 2.75) is 65.2 Å². The molecule has 0 aliphatic heterocycles. The summed E-state index contributed by atoms with van der Waals surface area (Å²) in [7, 11) is 0. The van der Waals surface area contributed by atoms with Gasteiger partial charge in [0.1, 0.15) is 17.4 Å². The first-order chi connectivity index (χ1) is 21.8. The topological polar surface area (TPSA) is 156 Å². The van der Waals surface area contributed by atoms with E-state index >= 15 is 0 Å². The number of carbonyl (C=O) groups is 3. The van der Waals surface area contributed by atoms with Crippen molar-refractivity contribution in [3.05, 3.63) is 72.2 Å². The number of carbonyl (C=O) groups excluding carboxylic acids is 2. The van der Waals surface area contributed by atoms with E-state index in [-0.39, 0.29) is 18.1 Å². The Balaban J connectivity index is 1.32. The van der Waals surface area contributed by atoms with Crippen molar-refractivity contribution >= 4 is 35.1 Å². The van der Waals surface area contributed by atoms with Gasteiger partial charge in [0.25, 0.3) is 5.91 Å². The van der Waals surface area contributed by atoms with E-state index < -0.39 is 30.3 Å². The molecule has 0 aliphatic rings. The van der Waals surface area contributed by atoms with Crippen LogP contribution in [0, 0.1) is 6.92 Å². The Labute approximate surface area is 264 Å². The van der Waals surface area contributed by atoms with Gasteiger partial charge in [0.05, 0.1) is 11.9 Å². The predicted molar refractivity (Wildman–Crippen MR) is 166 cm³/mol. The lowest BCUT2D eigenvalue weighted by Gasteiger charge is -2.22. The minimum atomic E-state index is -2.90. The van der Waals surface area contributed by atoms with Gasteiger partial charge in [-0.05, 0) is 95.0 Å². The highest BCUT2D eigenvalue weighted by molar-refractivity contribution is 5.96. The van der Waals surface area contributed by atoms with Crippen LogP contribution in [0.4, 0.5) is 25.1 Å². The van der Waals surface area contributed by atoms with E-state index in [1.54, 1.807) is 63.6 Å². The number of imidazole rings is 1. The Bertz CT molecular complexity index is 1690. The molecule has 244 valence electrons. The molecule has 1 atom stereocenters. The van der Waals surface area contributed by atoms with Crippen LogP contribution in [0.15, 0.2) is 61.1 Å². The Morgan fingerprint density at radius 1 is 1.04 bits per heavy atom. The molecular weight excluding hydrogens is 602 g/mol. The second kappa shape index (κ2) is 14.7. The Morgan fingerprint density at radius 2 is 1.78 bits per heavy atom. The molecule has 0 bridgehead atoms. The highest BCUT2D eigenvalue weighted by atomic mass is 19.3. The number of carboxylic acid groups (broad SMARTS) is 1. The fourth-order valence-electron chi connectivity index (χ4n) is 4.64. The molecule has 0 spiro atoms. The highest BCUT2D eigenvalue weighted by Gasteiger charge is 2.23. The van der Waals surface area contributed by atoms with Crippen LogP contribution < -0.4 is 20.7 Å². The Morgan fingerprint density at radius 3 is 2.43 bits per heavy atom. The molecule has 0 radical (unpaired) electrons. The average molecular weight is 639 g/mol. The van der Waals surface area contributed by atoms with Gasteiger partial charge in [-0.1, -0.05) is 0 Å². The standard InChI is InChI=1S/C32H36F2N6O6/c1-19-17-21(10-13-23(19)28(41)36-14-6-5-7-24(29(42)43)39-31(44)46-32(2,3)4)38-26-27-37-18-25(40(27)16-15-35-26)20-8-11-22(12-9-20)45-30(33)34/h8-13,15-18,24,30H,5-7,14H2,1-4H3,(H,35,38)(H,36,41)(H,39,44)(H,42,43). The fraction of sp³-hybridized carbons (Fsp3) is 0.344. The number of amides is 2. The number of anilines is 2. The van der Waals surface area contributed by atoms with E-state index in [1.165, 1.54) is 12.1 Å². The minimum absolute atomic E-state index is 0.0580. The first kappa shape index (κ1) is 33.6. The predicted octanol–water partition coefficient (Wildman–Crippen LogP) is 5.93. The van der Waals surface area contributed by atoms with Crippen molar-refractivity contribution < 1.29 is 37.7 Å². The maximum Gasteiger partial charge on any atom is 0.408 e. The summed E-state index contributed by atoms with van der Waals surface area (Å²) in [5, 5.41) is 17.9. The molecule has 4 aromatic rings. The lowest BCUT2D eigenvalue weighted by atomic mass is 10.1. The second-order valence-corrected chi connectivity index (χ2v) is 11.5. The van der Waals surface area contributed by atoms with Crippen LogP contribution in [0.5, 0.6) is 5.75 Å². The van der Waals surface area contributed by atoms with Gasteiger partial charge < -0.3 is 30.5 Å². The second-order valence-electron chi connectivity index (χ2n) is 11.5. The number of benzene rings is 2. The maximum absolute atomic E-state index is 12.8. The van der Waals surface area contributed by atoms with Gasteiger partial charge in [0, 0.05) is 35.8 Å². The van der Waals surface area contributed by atoms with Crippen molar-refractivity contribution in [1.29, 1.82) is 0 Å². The summed E-state index contributed by atoms with van der Waals surface area (Å²) in [5.74, 6) is -0.894. The van der Waals surface area contributed by atoms with Gasteiger partial charge in [-0.3, -0.25) is 9.20 Å². The minimum Gasteiger partial charge on any atom is -0.480 e. The molecular formula is C32H36F2N6O6. The van der Waals surface area contributed by atoms with Crippen molar-refractivity contribution in [2.24, 2.45) is 0 Å².